The zero-order valence-electron chi connectivity index (χ0n) is 15.7. The van der Waals surface area contributed by atoms with Crippen molar-refractivity contribution in [2.24, 2.45) is 0 Å². The summed E-state index contributed by atoms with van der Waals surface area (Å²) < 4.78 is 11.0. The van der Waals surface area contributed by atoms with E-state index in [2.05, 4.69) is 10.9 Å². The number of hydrogen-bond acceptors (Lipinski definition) is 5. The molecule has 0 fully saturated rings. The first-order valence-electron chi connectivity index (χ1n) is 8.71. The van der Waals surface area contributed by atoms with Crippen LogP contribution in [0.2, 0.25) is 0 Å². The smallest absolute Gasteiger partial charge is 0.269 e. The van der Waals surface area contributed by atoms with Crippen molar-refractivity contribution in [3.05, 3.63) is 53.6 Å². The van der Waals surface area contributed by atoms with Crippen molar-refractivity contribution in [2.75, 3.05) is 19.0 Å². The number of amides is 2. The summed E-state index contributed by atoms with van der Waals surface area (Å²) in [5.74, 6) is 0.567. The summed E-state index contributed by atoms with van der Waals surface area (Å²) in [6.07, 6.45) is 0. The summed E-state index contributed by atoms with van der Waals surface area (Å²) in [7, 11) is 0. The van der Waals surface area contributed by atoms with Gasteiger partial charge < -0.3 is 9.47 Å². The summed E-state index contributed by atoms with van der Waals surface area (Å²) in [5, 5.41) is 0. The first-order valence-corrected chi connectivity index (χ1v) is 9.70. The highest BCUT2D eigenvalue weighted by atomic mass is 32.2. The van der Waals surface area contributed by atoms with Crippen LogP contribution in [0.15, 0.2) is 47.4 Å². The number of carbonyl (C=O) groups is 2. The Balaban J connectivity index is 1.87. The maximum atomic E-state index is 12.3. The lowest BCUT2D eigenvalue weighted by Gasteiger charge is -2.12. The van der Waals surface area contributed by atoms with E-state index in [1.54, 1.807) is 18.2 Å². The predicted molar refractivity (Wildman–Crippen MR) is 106 cm³/mol. The van der Waals surface area contributed by atoms with Crippen molar-refractivity contribution in [2.45, 2.75) is 25.7 Å². The molecule has 0 unspecified atom stereocenters. The van der Waals surface area contributed by atoms with Crippen LogP contribution in [0.5, 0.6) is 11.5 Å². The van der Waals surface area contributed by atoms with Gasteiger partial charge >= 0.3 is 0 Å². The Morgan fingerprint density at radius 1 is 0.926 bits per heavy atom. The first kappa shape index (κ1) is 20.6. The molecule has 6 nitrogen and oxygen atoms in total. The number of hydrogen-bond donors (Lipinski definition) is 2. The van der Waals surface area contributed by atoms with Crippen molar-refractivity contribution in [1.29, 1.82) is 0 Å². The molecule has 0 radical (unpaired) electrons. The van der Waals surface area contributed by atoms with E-state index in [1.165, 1.54) is 11.8 Å². The molecule has 0 atom stereocenters. The number of rotatable bonds is 8. The van der Waals surface area contributed by atoms with Gasteiger partial charge in [-0.15, -0.1) is 11.8 Å². The molecule has 0 aliphatic carbocycles. The molecule has 0 saturated carbocycles. The molecular formula is C20H24N2O4S. The van der Waals surface area contributed by atoms with Crippen LogP contribution < -0.4 is 20.3 Å². The highest BCUT2D eigenvalue weighted by Gasteiger charge is 2.12. The Hall–Kier alpha value is -2.67. The van der Waals surface area contributed by atoms with E-state index in [9.17, 15) is 9.59 Å². The van der Waals surface area contributed by atoms with Gasteiger partial charge in [0.2, 0.25) is 5.91 Å². The van der Waals surface area contributed by atoms with Gasteiger partial charge in [-0.3, -0.25) is 20.4 Å². The van der Waals surface area contributed by atoms with E-state index in [0.29, 0.717) is 30.3 Å². The fourth-order valence-corrected chi connectivity index (χ4v) is 2.91. The van der Waals surface area contributed by atoms with Crippen LogP contribution >= 0.6 is 11.8 Å². The molecule has 2 rings (SSSR count). The molecule has 2 aromatic carbocycles. The normalized spacial score (nSPS) is 10.2. The molecule has 0 heterocycles. The largest absolute Gasteiger partial charge is 0.490 e. The van der Waals surface area contributed by atoms with Gasteiger partial charge in [0, 0.05) is 10.5 Å². The predicted octanol–water partition coefficient (Wildman–Crippen LogP) is 3.35. The average molecular weight is 388 g/mol. The van der Waals surface area contributed by atoms with E-state index in [4.69, 9.17) is 9.47 Å². The Bertz CT molecular complexity index is 778. The first-order chi connectivity index (χ1) is 13.0. The van der Waals surface area contributed by atoms with Gasteiger partial charge in [0.05, 0.1) is 19.0 Å². The fraction of sp³-hybridized carbons (Fsp3) is 0.300. The molecule has 2 N–H and O–H groups in total. The second-order valence-electron chi connectivity index (χ2n) is 5.63. The van der Waals surface area contributed by atoms with E-state index in [-0.39, 0.29) is 11.7 Å². The third-order valence-corrected chi connectivity index (χ3v) is 4.52. The monoisotopic (exact) mass is 388 g/mol. The zero-order chi connectivity index (χ0) is 19.6. The summed E-state index contributed by atoms with van der Waals surface area (Å²) in [6, 6.07) is 12.8. The van der Waals surface area contributed by atoms with Crippen LogP contribution in [0.25, 0.3) is 0 Å². The van der Waals surface area contributed by atoms with Crippen LogP contribution in [-0.4, -0.2) is 30.8 Å². The highest BCUT2D eigenvalue weighted by Crippen LogP contribution is 2.28. The number of nitrogens with one attached hydrogen (secondary N) is 2. The van der Waals surface area contributed by atoms with Gasteiger partial charge in [-0.25, -0.2) is 0 Å². The number of hydrazine groups is 1. The molecule has 0 aromatic heterocycles. The maximum Gasteiger partial charge on any atom is 0.269 e. The van der Waals surface area contributed by atoms with Crippen molar-refractivity contribution in [3.63, 3.8) is 0 Å². The highest BCUT2D eigenvalue weighted by molar-refractivity contribution is 8.00. The summed E-state index contributed by atoms with van der Waals surface area (Å²) in [6.45, 7) is 6.70. The SMILES string of the molecule is CCOc1ccc(C(=O)NNC(=O)CSc2ccc(C)cc2)cc1OCC. The molecule has 0 saturated heterocycles. The quantitative estimate of drug-likeness (QED) is 0.536. The molecule has 144 valence electrons. The lowest BCUT2D eigenvalue weighted by molar-refractivity contribution is -0.119. The van der Waals surface area contributed by atoms with Gasteiger partial charge in [0.1, 0.15) is 0 Å². The van der Waals surface area contributed by atoms with Crippen molar-refractivity contribution in [3.8, 4) is 11.5 Å². The van der Waals surface area contributed by atoms with Gasteiger partial charge in [0.25, 0.3) is 5.91 Å². The molecule has 0 aliphatic rings. The maximum absolute atomic E-state index is 12.3. The fourth-order valence-electron chi connectivity index (χ4n) is 2.21. The second-order valence-corrected chi connectivity index (χ2v) is 6.68. The second kappa shape index (κ2) is 10.5. The number of thioether (sulfide) groups is 1. The van der Waals surface area contributed by atoms with E-state index in [0.717, 1.165) is 10.5 Å². The average Bonchev–Trinajstić information content (AvgIpc) is 2.67. The zero-order valence-corrected chi connectivity index (χ0v) is 16.5. The minimum absolute atomic E-state index is 0.205. The molecule has 0 bridgehead atoms. The Kier molecular flexibility index (Phi) is 8.00. The van der Waals surface area contributed by atoms with Crippen LogP contribution in [0.4, 0.5) is 0 Å². The van der Waals surface area contributed by atoms with Gasteiger partial charge in [-0.2, -0.15) is 0 Å². The van der Waals surface area contributed by atoms with Crippen LogP contribution in [0.3, 0.4) is 0 Å². The van der Waals surface area contributed by atoms with E-state index < -0.39 is 5.91 Å². The molecule has 27 heavy (non-hydrogen) atoms. The van der Waals surface area contributed by atoms with Crippen molar-refractivity contribution in [1.82, 2.24) is 10.9 Å². The molecule has 2 aromatic rings. The van der Waals surface area contributed by atoms with Crippen LogP contribution in [0.1, 0.15) is 29.8 Å². The van der Waals surface area contributed by atoms with Crippen molar-refractivity contribution < 1.29 is 19.1 Å². The van der Waals surface area contributed by atoms with E-state index >= 15 is 0 Å². The van der Waals surface area contributed by atoms with Crippen LogP contribution in [-0.2, 0) is 4.79 Å². The van der Waals surface area contributed by atoms with Gasteiger partial charge in [0.15, 0.2) is 11.5 Å². The lowest BCUT2D eigenvalue weighted by Crippen LogP contribution is -2.42. The number of benzene rings is 2. The molecule has 2 amide bonds. The Morgan fingerprint density at radius 3 is 2.26 bits per heavy atom. The van der Waals surface area contributed by atoms with E-state index in [1.807, 2.05) is 45.0 Å². The van der Waals surface area contributed by atoms with Crippen molar-refractivity contribution >= 4 is 23.6 Å². The molecular weight excluding hydrogens is 364 g/mol. The third-order valence-electron chi connectivity index (χ3n) is 3.51. The summed E-state index contributed by atoms with van der Waals surface area (Å²) in [5.41, 5.74) is 6.37. The third kappa shape index (κ3) is 6.53. The topological polar surface area (TPSA) is 76.7 Å². The number of carbonyl (C=O) groups excluding carboxylic acids is 2. The van der Waals surface area contributed by atoms with Crippen LogP contribution in [0, 0.1) is 6.92 Å². The molecule has 0 aliphatic heterocycles. The number of ether oxygens (including phenoxy) is 2. The molecule has 0 spiro atoms. The minimum Gasteiger partial charge on any atom is -0.490 e. The minimum atomic E-state index is -0.423. The number of aryl methyl sites for hydroxylation is 1. The lowest BCUT2D eigenvalue weighted by atomic mass is 10.2. The molecule has 7 heteroatoms. The Morgan fingerprint density at radius 2 is 1.59 bits per heavy atom. The van der Waals surface area contributed by atoms with Gasteiger partial charge in [-0.05, 0) is 51.1 Å². The summed E-state index contributed by atoms with van der Waals surface area (Å²) >= 11 is 1.40. The standard InChI is InChI=1S/C20H24N2O4S/c1-4-25-17-11-8-15(12-18(17)26-5-2)20(24)22-21-19(23)13-27-16-9-6-14(3)7-10-16/h6-12H,4-5,13H2,1-3H3,(H,21,23)(H,22,24). The summed E-state index contributed by atoms with van der Waals surface area (Å²) in [4.78, 5) is 25.2. The van der Waals surface area contributed by atoms with Gasteiger partial charge in [-0.1, -0.05) is 17.7 Å². The Labute approximate surface area is 163 Å².